The van der Waals surface area contributed by atoms with Crippen molar-refractivity contribution in [1.82, 2.24) is 4.98 Å². The van der Waals surface area contributed by atoms with Crippen molar-refractivity contribution in [1.29, 1.82) is 0 Å². The monoisotopic (exact) mass is 316 g/mol. The Bertz CT molecular complexity index is 746. The van der Waals surface area contributed by atoms with Crippen LogP contribution in [0.2, 0.25) is 0 Å². The molecule has 0 spiro atoms. The van der Waals surface area contributed by atoms with Gasteiger partial charge in [0.25, 0.3) is 5.91 Å². The van der Waals surface area contributed by atoms with Crippen molar-refractivity contribution in [2.24, 2.45) is 0 Å². The van der Waals surface area contributed by atoms with Gasteiger partial charge >= 0.3 is 0 Å². The van der Waals surface area contributed by atoms with Crippen LogP contribution < -0.4 is 4.90 Å². The Hall–Kier alpha value is -2.05. The van der Waals surface area contributed by atoms with Crippen molar-refractivity contribution in [3.05, 3.63) is 65.1 Å². The van der Waals surface area contributed by atoms with Gasteiger partial charge in [-0.1, -0.05) is 36.1 Å². The number of para-hydroxylation sites is 1. The number of hydrogen-bond acceptors (Lipinski definition) is 4. The number of aromatic nitrogens is 1. The van der Waals surface area contributed by atoms with Crippen LogP contribution in [0.3, 0.4) is 0 Å². The van der Waals surface area contributed by atoms with Gasteiger partial charge in [-0.25, -0.2) is 4.39 Å². The Morgan fingerprint density at radius 1 is 1.19 bits per heavy atom. The molecule has 0 radical (unpaired) electrons. The molecule has 1 aliphatic rings. The van der Waals surface area contributed by atoms with Crippen LogP contribution >= 0.6 is 24.0 Å². The van der Waals surface area contributed by atoms with Gasteiger partial charge in [0.05, 0.1) is 10.6 Å². The van der Waals surface area contributed by atoms with Gasteiger partial charge in [-0.05, 0) is 35.9 Å². The van der Waals surface area contributed by atoms with Crippen LogP contribution in [-0.2, 0) is 4.79 Å². The third-order valence-corrected chi connectivity index (χ3v) is 4.19. The molecule has 3 nitrogen and oxygen atoms in total. The van der Waals surface area contributed by atoms with Crippen LogP contribution in [0.1, 0.15) is 5.56 Å². The number of thiocarbonyl (C=S) groups is 1. The summed E-state index contributed by atoms with van der Waals surface area (Å²) < 4.78 is 14.2. The first-order chi connectivity index (χ1) is 10.2. The minimum Gasteiger partial charge on any atom is -0.268 e. The minimum atomic E-state index is -0.473. The number of nitrogens with zero attached hydrogens (tertiary/aromatic N) is 2. The highest BCUT2D eigenvalue weighted by atomic mass is 32.2. The summed E-state index contributed by atoms with van der Waals surface area (Å²) in [4.78, 5) is 18.1. The SMILES string of the molecule is O=C1C(=Cc2ccncc2)SC(=S)N1c1ccccc1F. The molecule has 1 amide bonds. The van der Waals surface area contributed by atoms with E-state index in [2.05, 4.69) is 4.98 Å². The molecular weight excluding hydrogens is 307 g/mol. The first-order valence-electron chi connectivity index (χ1n) is 6.09. The zero-order valence-corrected chi connectivity index (χ0v) is 12.3. The zero-order valence-electron chi connectivity index (χ0n) is 10.7. The number of pyridine rings is 1. The number of rotatable bonds is 2. The van der Waals surface area contributed by atoms with E-state index in [-0.39, 0.29) is 11.6 Å². The fraction of sp³-hybridized carbons (Fsp3) is 0. The molecule has 0 saturated carbocycles. The molecule has 1 saturated heterocycles. The molecule has 0 unspecified atom stereocenters. The Balaban J connectivity index is 1.97. The molecule has 0 aliphatic carbocycles. The smallest absolute Gasteiger partial charge is 0.268 e. The van der Waals surface area contributed by atoms with E-state index in [1.54, 1.807) is 42.7 Å². The molecule has 0 N–H and O–H groups in total. The Morgan fingerprint density at radius 3 is 2.62 bits per heavy atom. The lowest BCUT2D eigenvalue weighted by Crippen LogP contribution is -2.28. The lowest BCUT2D eigenvalue weighted by Gasteiger charge is -2.14. The highest BCUT2D eigenvalue weighted by molar-refractivity contribution is 8.27. The van der Waals surface area contributed by atoms with Crippen LogP contribution in [-0.4, -0.2) is 15.2 Å². The molecule has 3 rings (SSSR count). The van der Waals surface area contributed by atoms with Gasteiger partial charge in [-0.2, -0.15) is 0 Å². The third kappa shape index (κ3) is 2.72. The molecule has 1 aromatic carbocycles. The van der Waals surface area contributed by atoms with Crippen LogP contribution in [0.4, 0.5) is 10.1 Å². The largest absolute Gasteiger partial charge is 0.270 e. The number of halogens is 1. The highest BCUT2D eigenvalue weighted by Crippen LogP contribution is 2.36. The van der Waals surface area contributed by atoms with Gasteiger partial charge in [0, 0.05) is 12.4 Å². The Labute approximate surface area is 130 Å². The van der Waals surface area contributed by atoms with Crippen molar-refractivity contribution in [3.63, 3.8) is 0 Å². The molecule has 1 aliphatic heterocycles. The van der Waals surface area contributed by atoms with E-state index in [0.717, 1.165) is 17.3 Å². The molecule has 1 fully saturated rings. The van der Waals surface area contributed by atoms with Gasteiger partial charge in [0.1, 0.15) is 5.82 Å². The fourth-order valence-electron chi connectivity index (χ4n) is 1.92. The van der Waals surface area contributed by atoms with E-state index in [1.807, 2.05) is 0 Å². The van der Waals surface area contributed by atoms with Crippen LogP contribution in [0, 0.1) is 5.82 Å². The molecular formula is C15H9FN2OS2. The van der Waals surface area contributed by atoms with Gasteiger partial charge in [0.15, 0.2) is 4.32 Å². The molecule has 21 heavy (non-hydrogen) atoms. The Morgan fingerprint density at radius 2 is 1.90 bits per heavy atom. The Kier molecular flexibility index (Phi) is 3.81. The average Bonchev–Trinajstić information content (AvgIpc) is 2.76. The second-order valence-corrected chi connectivity index (χ2v) is 5.92. The van der Waals surface area contributed by atoms with E-state index in [1.165, 1.54) is 17.0 Å². The summed E-state index contributed by atoms with van der Waals surface area (Å²) in [6.07, 6.45) is 5.01. The van der Waals surface area contributed by atoms with Crippen molar-refractivity contribution < 1.29 is 9.18 Å². The predicted octanol–water partition coefficient (Wildman–Crippen LogP) is 3.63. The lowest BCUT2D eigenvalue weighted by molar-refractivity contribution is -0.113. The summed E-state index contributed by atoms with van der Waals surface area (Å²) >= 11 is 6.36. The maximum Gasteiger partial charge on any atom is 0.270 e. The van der Waals surface area contributed by atoms with Crippen LogP contribution in [0.15, 0.2) is 53.7 Å². The summed E-state index contributed by atoms with van der Waals surface area (Å²) in [7, 11) is 0. The number of carbonyl (C=O) groups excluding carboxylic acids is 1. The number of carbonyl (C=O) groups is 1. The van der Waals surface area contributed by atoms with E-state index in [4.69, 9.17) is 12.2 Å². The number of thioether (sulfide) groups is 1. The van der Waals surface area contributed by atoms with Gasteiger partial charge in [-0.15, -0.1) is 0 Å². The summed E-state index contributed by atoms with van der Waals surface area (Å²) in [5.74, 6) is -0.786. The van der Waals surface area contributed by atoms with E-state index < -0.39 is 5.82 Å². The van der Waals surface area contributed by atoms with E-state index >= 15 is 0 Å². The normalized spacial score (nSPS) is 16.8. The molecule has 2 aromatic rings. The summed E-state index contributed by atoms with van der Waals surface area (Å²) in [6.45, 7) is 0. The maximum absolute atomic E-state index is 13.9. The maximum atomic E-state index is 13.9. The third-order valence-electron chi connectivity index (χ3n) is 2.89. The lowest BCUT2D eigenvalue weighted by atomic mass is 10.2. The number of benzene rings is 1. The van der Waals surface area contributed by atoms with Crippen LogP contribution in [0.5, 0.6) is 0 Å². The molecule has 0 atom stereocenters. The van der Waals surface area contributed by atoms with E-state index in [9.17, 15) is 9.18 Å². The highest BCUT2D eigenvalue weighted by Gasteiger charge is 2.34. The topological polar surface area (TPSA) is 33.2 Å². The molecule has 1 aromatic heterocycles. The standard InChI is InChI=1S/C15H9FN2OS2/c16-11-3-1-2-4-12(11)18-14(19)13(21-15(18)20)9-10-5-7-17-8-6-10/h1-9H. The second-order valence-electron chi connectivity index (χ2n) is 4.25. The van der Waals surface area contributed by atoms with Crippen molar-refractivity contribution in [3.8, 4) is 0 Å². The van der Waals surface area contributed by atoms with Crippen LogP contribution in [0.25, 0.3) is 6.08 Å². The van der Waals surface area contributed by atoms with Crippen molar-refractivity contribution in [2.75, 3.05) is 4.90 Å². The molecule has 6 heteroatoms. The summed E-state index contributed by atoms with van der Waals surface area (Å²) in [5.41, 5.74) is 1.03. The number of amides is 1. The predicted molar refractivity (Wildman–Crippen MR) is 86.3 cm³/mol. The van der Waals surface area contributed by atoms with Gasteiger partial charge < -0.3 is 0 Å². The number of hydrogen-bond donors (Lipinski definition) is 0. The first kappa shape index (κ1) is 13.9. The first-order valence-corrected chi connectivity index (χ1v) is 7.32. The summed E-state index contributed by atoms with van der Waals surface area (Å²) in [6, 6.07) is 9.66. The fourth-order valence-corrected chi connectivity index (χ4v) is 3.20. The average molecular weight is 316 g/mol. The molecule has 104 valence electrons. The number of anilines is 1. The molecule has 2 heterocycles. The summed E-state index contributed by atoms with van der Waals surface area (Å²) in [5, 5.41) is 0. The molecule has 0 bridgehead atoms. The van der Waals surface area contributed by atoms with Gasteiger partial charge in [-0.3, -0.25) is 14.7 Å². The van der Waals surface area contributed by atoms with E-state index in [0.29, 0.717) is 9.23 Å². The van der Waals surface area contributed by atoms with Crippen molar-refractivity contribution in [2.45, 2.75) is 0 Å². The van der Waals surface area contributed by atoms with Crippen molar-refractivity contribution >= 4 is 46.0 Å². The minimum absolute atomic E-state index is 0.179. The van der Waals surface area contributed by atoms with Gasteiger partial charge in [0.2, 0.25) is 0 Å². The second kappa shape index (κ2) is 5.75. The quantitative estimate of drug-likeness (QED) is 0.626. The zero-order chi connectivity index (χ0) is 14.8.